The normalized spacial score (nSPS) is 29.5. The van der Waals surface area contributed by atoms with E-state index in [1.165, 1.54) is 0 Å². The van der Waals surface area contributed by atoms with Gasteiger partial charge in [0.15, 0.2) is 5.11 Å². The molecule has 1 aliphatic heterocycles. The lowest BCUT2D eigenvalue weighted by atomic mass is 9.80. The van der Waals surface area contributed by atoms with Gasteiger partial charge in [-0.15, -0.1) is 0 Å². The molecule has 1 aromatic carbocycles. The summed E-state index contributed by atoms with van der Waals surface area (Å²) in [7, 11) is 0. The zero-order valence-electron chi connectivity index (χ0n) is 10.9. The Bertz CT molecular complexity index is 564. The van der Waals surface area contributed by atoms with Crippen molar-refractivity contribution < 1.29 is 23.1 Å². The van der Waals surface area contributed by atoms with E-state index in [1.807, 2.05) is 0 Å². The van der Waals surface area contributed by atoms with Crippen molar-refractivity contribution in [2.24, 2.45) is 5.92 Å². The highest BCUT2D eigenvalue weighted by Gasteiger charge is 2.64. The molecular formula is C13H13F3N2O2S. The Morgan fingerprint density at radius 2 is 1.90 bits per heavy atom. The number of hydrogen-bond acceptors (Lipinski definition) is 3. The maximum absolute atomic E-state index is 13.2. The molecule has 0 spiro atoms. The summed E-state index contributed by atoms with van der Waals surface area (Å²) >= 11 is 4.75. The zero-order valence-corrected chi connectivity index (χ0v) is 11.8. The Balaban J connectivity index is 2.54. The van der Waals surface area contributed by atoms with E-state index in [9.17, 15) is 23.1 Å². The molecule has 8 heteroatoms. The van der Waals surface area contributed by atoms with Crippen LogP contribution in [0.3, 0.4) is 0 Å². The van der Waals surface area contributed by atoms with Gasteiger partial charge in [-0.05, 0) is 24.7 Å². The van der Waals surface area contributed by atoms with E-state index in [4.69, 9.17) is 12.2 Å². The average molecular weight is 318 g/mol. The van der Waals surface area contributed by atoms with E-state index in [1.54, 1.807) is 35.6 Å². The van der Waals surface area contributed by atoms with Crippen LogP contribution in [0.25, 0.3) is 0 Å². The highest BCUT2D eigenvalue weighted by molar-refractivity contribution is 7.80. The molecule has 3 atom stereocenters. The van der Waals surface area contributed by atoms with Gasteiger partial charge in [-0.3, -0.25) is 4.79 Å². The van der Waals surface area contributed by atoms with Gasteiger partial charge in [0.25, 0.3) is 0 Å². The molecule has 0 radical (unpaired) electrons. The predicted octanol–water partition coefficient (Wildman–Crippen LogP) is 1.66. The van der Waals surface area contributed by atoms with Crippen molar-refractivity contribution in [2.75, 3.05) is 0 Å². The van der Waals surface area contributed by atoms with E-state index in [0.717, 1.165) is 6.92 Å². The van der Waals surface area contributed by atoms with Crippen LogP contribution >= 0.6 is 12.2 Å². The number of alkyl halides is 3. The second-order valence-corrected chi connectivity index (χ2v) is 5.25. The molecule has 0 bridgehead atoms. The van der Waals surface area contributed by atoms with Crippen LogP contribution in [0.4, 0.5) is 13.2 Å². The number of ketones is 1. The van der Waals surface area contributed by atoms with Crippen molar-refractivity contribution in [1.29, 1.82) is 0 Å². The van der Waals surface area contributed by atoms with Gasteiger partial charge in [0.05, 0.1) is 12.0 Å². The minimum atomic E-state index is -5.05. The SMILES string of the molecule is CC(=O)[C@@H]1[C@@H](c2ccccc2)NC(=S)N[C@@]1(O)C(F)(F)F. The highest BCUT2D eigenvalue weighted by atomic mass is 32.1. The first-order chi connectivity index (χ1) is 9.67. The van der Waals surface area contributed by atoms with Crippen LogP contribution in [0.15, 0.2) is 30.3 Å². The Morgan fingerprint density at radius 3 is 2.38 bits per heavy atom. The van der Waals surface area contributed by atoms with Gasteiger partial charge in [-0.25, -0.2) is 0 Å². The fourth-order valence-corrected chi connectivity index (χ4v) is 2.75. The Morgan fingerprint density at radius 1 is 1.33 bits per heavy atom. The molecule has 21 heavy (non-hydrogen) atoms. The third-order valence-electron chi connectivity index (χ3n) is 3.40. The first-order valence-corrected chi connectivity index (χ1v) is 6.51. The smallest absolute Gasteiger partial charge is 0.363 e. The number of halogens is 3. The number of carbonyl (C=O) groups excluding carboxylic acids is 1. The molecule has 1 aliphatic rings. The maximum atomic E-state index is 13.2. The van der Waals surface area contributed by atoms with Crippen molar-refractivity contribution in [3.8, 4) is 0 Å². The minimum Gasteiger partial charge on any atom is -0.363 e. The standard InChI is InChI=1S/C13H13F3N2O2S/c1-7(19)9-10(8-5-3-2-4-6-8)17-11(21)18-12(9,20)13(14,15)16/h2-6,9-10,20H,1H3,(H2,17,18,21)/t9-,10-,12+/m1/s1. The van der Waals surface area contributed by atoms with Crippen LogP contribution in [-0.2, 0) is 4.79 Å². The van der Waals surface area contributed by atoms with Gasteiger partial charge >= 0.3 is 6.18 Å². The minimum absolute atomic E-state index is 0.360. The molecule has 0 saturated carbocycles. The van der Waals surface area contributed by atoms with Gasteiger partial charge in [0.1, 0.15) is 5.78 Å². The number of carbonyl (C=O) groups is 1. The lowest BCUT2D eigenvalue weighted by Gasteiger charge is -2.46. The number of benzene rings is 1. The molecule has 4 nitrogen and oxygen atoms in total. The van der Waals surface area contributed by atoms with E-state index >= 15 is 0 Å². The quantitative estimate of drug-likeness (QED) is 0.724. The molecule has 1 fully saturated rings. The van der Waals surface area contributed by atoms with Crippen LogP contribution in [0.1, 0.15) is 18.5 Å². The summed E-state index contributed by atoms with van der Waals surface area (Å²) < 4.78 is 39.7. The third-order valence-corrected chi connectivity index (χ3v) is 3.62. The van der Waals surface area contributed by atoms with E-state index < -0.39 is 29.6 Å². The summed E-state index contributed by atoms with van der Waals surface area (Å²) in [6.07, 6.45) is -5.05. The monoisotopic (exact) mass is 318 g/mol. The lowest BCUT2D eigenvalue weighted by Crippen LogP contribution is -2.72. The van der Waals surface area contributed by atoms with E-state index in [-0.39, 0.29) is 5.11 Å². The Kier molecular flexibility index (Phi) is 3.94. The van der Waals surface area contributed by atoms with Gasteiger partial charge in [-0.1, -0.05) is 30.3 Å². The summed E-state index contributed by atoms with van der Waals surface area (Å²) in [6.45, 7) is 1.01. The van der Waals surface area contributed by atoms with Crippen molar-refractivity contribution in [2.45, 2.75) is 24.9 Å². The van der Waals surface area contributed by atoms with Crippen LogP contribution in [0.5, 0.6) is 0 Å². The largest absolute Gasteiger partial charge is 0.437 e. The number of hydrogen-bond donors (Lipinski definition) is 3. The first kappa shape index (κ1) is 15.7. The summed E-state index contributed by atoms with van der Waals surface area (Å²) in [6, 6.07) is 7.03. The molecule has 114 valence electrons. The maximum Gasteiger partial charge on any atom is 0.437 e. The molecule has 0 aromatic heterocycles. The van der Waals surface area contributed by atoms with Gasteiger partial charge in [0.2, 0.25) is 5.72 Å². The van der Waals surface area contributed by atoms with Crippen molar-refractivity contribution in [1.82, 2.24) is 10.6 Å². The van der Waals surface area contributed by atoms with Gasteiger partial charge < -0.3 is 15.7 Å². The Labute approximate surface area is 124 Å². The van der Waals surface area contributed by atoms with Crippen LogP contribution < -0.4 is 10.6 Å². The van der Waals surface area contributed by atoms with Crippen molar-refractivity contribution >= 4 is 23.1 Å². The second kappa shape index (κ2) is 5.27. The summed E-state index contributed by atoms with van der Waals surface area (Å²) in [5, 5.41) is 14.1. The fraction of sp³-hybridized carbons (Fsp3) is 0.385. The molecule has 3 N–H and O–H groups in total. The van der Waals surface area contributed by atoms with Gasteiger partial charge in [0, 0.05) is 0 Å². The molecule has 1 heterocycles. The van der Waals surface area contributed by atoms with E-state index in [0.29, 0.717) is 5.56 Å². The molecular weight excluding hydrogens is 305 g/mol. The Hall–Kier alpha value is -1.67. The number of Topliss-reactive ketones (excluding diaryl/α,β-unsaturated/α-hetero) is 1. The second-order valence-electron chi connectivity index (χ2n) is 4.84. The molecule has 0 unspecified atom stereocenters. The van der Waals surface area contributed by atoms with Crippen LogP contribution in [-0.4, -0.2) is 27.9 Å². The molecule has 2 rings (SSSR count). The van der Waals surface area contributed by atoms with Crippen LogP contribution in [0.2, 0.25) is 0 Å². The highest BCUT2D eigenvalue weighted by Crippen LogP contribution is 2.42. The number of rotatable bonds is 2. The third kappa shape index (κ3) is 2.73. The molecule has 1 saturated heterocycles. The van der Waals surface area contributed by atoms with Gasteiger partial charge in [-0.2, -0.15) is 13.2 Å². The summed E-state index contributed by atoms with van der Waals surface area (Å²) in [5.74, 6) is -2.56. The number of nitrogens with one attached hydrogen (secondary N) is 2. The first-order valence-electron chi connectivity index (χ1n) is 6.10. The fourth-order valence-electron chi connectivity index (χ4n) is 2.46. The lowest BCUT2D eigenvalue weighted by molar-refractivity contribution is -0.288. The van der Waals surface area contributed by atoms with E-state index in [2.05, 4.69) is 5.32 Å². The average Bonchev–Trinajstić information content (AvgIpc) is 2.37. The van der Waals surface area contributed by atoms with Crippen molar-refractivity contribution in [3.63, 3.8) is 0 Å². The summed E-state index contributed by atoms with van der Waals surface area (Å²) in [4.78, 5) is 11.8. The molecule has 0 amide bonds. The zero-order chi connectivity index (χ0) is 15.8. The molecule has 0 aliphatic carbocycles. The topological polar surface area (TPSA) is 61.4 Å². The predicted molar refractivity (Wildman–Crippen MR) is 73.2 cm³/mol. The molecule has 1 aromatic rings. The van der Waals surface area contributed by atoms with Crippen LogP contribution in [0, 0.1) is 5.92 Å². The summed E-state index contributed by atoms with van der Waals surface area (Å²) in [5.41, 5.74) is -2.97. The van der Waals surface area contributed by atoms with Crippen molar-refractivity contribution in [3.05, 3.63) is 35.9 Å². The number of aliphatic hydroxyl groups is 1. The number of thiocarbonyl (C=S) groups is 1.